The molecular formula is C6H11NO3. The minimum absolute atomic E-state index is 0.347. The first kappa shape index (κ1) is 7.68. The van der Waals surface area contributed by atoms with Crippen molar-refractivity contribution in [1.29, 1.82) is 0 Å². The molecule has 1 rings (SSSR count). The molecule has 3 atom stereocenters. The molecule has 0 saturated carbocycles. The number of aliphatic hydroxyl groups excluding tert-OH is 3. The van der Waals surface area contributed by atoms with Crippen LogP contribution in [0.5, 0.6) is 0 Å². The molecule has 1 aliphatic heterocycles. The molecule has 0 aromatic heterocycles. The van der Waals surface area contributed by atoms with Gasteiger partial charge in [0.15, 0.2) is 0 Å². The number of piperidine rings is 1. The monoisotopic (exact) mass is 145 g/mol. The summed E-state index contributed by atoms with van der Waals surface area (Å²) in [5.41, 5.74) is 0.498. The Morgan fingerprint density at radius 1 is 1.40 bits per heavy atom. The van der Waals surface area contributed by atoms with Crippen LogP contribution in [-0.2, 0) is 0 Å². The van der Waals surface area contributed by atoms with E-state index in [2.05, 4.69) is 11.9 Å². The molecule has 0 aliphatic carbocycles. The van der Waals surface area contributed by atoms with E-state index in [0.29, 0.717) is 12.1 Å². The summed E-state index contributed by atoms with van der Waals surface area (Å²) in [6.07, 6.45) is -3.20. The first-order valence-electron chi connectivity index (χ1n) is 3.08. The third kappa shape index (κ3) is 1.19. The minimum atomic E-state index is -1.15. The highest BCUT2D eigenvalue weighted by molar-refractivity contribution is 5.11. The van der Waals surface area contributed by atoms with Crippen LogP contribution >= 0.6 is 0 Å². The highest BCUT2D eigenvalue weighted by Gasteiger charge is 2.30. The van der Waals surface area contributed by atoms with Gasteiger partial charge >= 0.3 is 0 Å². The van der Waals surface area contributed by atoms with Crippen LogP contribution in [0.25, 0.3) is 0 Å². The Morgan fingerprint density at radius 2 is 2.00 bits per heavy atom. The van der Waals surface area contributed by atoms with Gasteiger partial charge in [-0.25, -0.2) is 0 Å². The first-order valence-corrected chi connectivity index (χ1v) is 3.08. The van der Waals surface area contributed by atoms with E-state index in [0.717, 1.165) is 0 Å². The van der Waals surface area contributed by atoms with Crippen LogP contribution in [0.15, 0.2) is 12.2 Å². The van der Waals surface area contributed by atoms with Gasteiger partial charge < -0.3 is 15.3 Å². The number of rotatable bonds is 0. The van der Waals surface area contributed by atoms with Gasteiger partial charge in [0.2, 0.25) is 0 Å². The maximum Gasteiger partial charge on any atom is 0.134 e. The molecule has 0 amide bonds. The van der Waals surface area contributed by atoms with E-state index in [9.17, 15) is 0 Å². The van der Waals surface area contributed by atoms with Gasteiger partial charge in [0.05, 0.1) is 0 Å². The van der Waals surface area contributed by atoms with E-state index < -0.39 is 18.4 Å². The molecule has 4 nitrogen and oxygen atoms in total. The summed E-state index contributed by atoms with van der Waals surface area (Å²) in [5.74, 6) is 0. The largest absolute Gasteiger partial charge is 0.386 e. The average molecular weight is 145 g/mol. The molecule has 0 radical (unpaired) electrons. The van der Waals surface area contributed by atoms with E-state index in [4.69, 9.17) is 15.3 Å². The van der Waals surface area contributed by atoms with E-state index >= 15 is 0 Å². The van der Waals surface area contributed by atoms with Crippen LogP contribution in [0.3, 0.4) is 0 Å². The maximum atomic E-state index is 9.07. The normalized spacial score (nSPS) is 41.9. The molecule has 3 unspecified atom stereocenters. The molecular weight excluding hydrogens is 134 g/mol. The van der Waals surface area contributed by atoms with E-state index in [1.807, 2.05) is 0 Å². The first-order chi connectivity index (χ1) is 4.63. The Bertz CT molecular complexity index is 148. The van der Waals surface area contributed by atoms with Gasteiger partial charge in [-0.1, -0.05) is 6.58 Å². The SMILES string of the molecule is C=C1CNC(O)C(O)C1O. The molecule has 0 aromatic rings. The molecule has 1 fully saturated rings. The van der Waals surface area contributed by atoms with Gasteiger partial charge in [-0.05, 0) is 5.57 Å². The van der Waals surface area contributed by atoms with Gasteiger partial charge in [0.1, 0.15) is 18.4 Å². The summed E-state index contributed by atoms with van der Waals surface area (Å²) in [6.45, 7) is 3.84. The molecule has 0 spiro atoms. The van der Waals surface area contributed by atoms with Crippen molar-refractivity contribution < 1.29 is 15.3 Å². The van der Waals surface area contributed by atoms with Gasteiger partial charge in [-0.15, -0.1) is 0 Å². The van der Waals surface area contributed by atoms with Crippen LogP contribution in [0.2, 0.25) is 0 Å². The highest BCUT2D eigenvalue weighted by Crippen LogP contribution is 2.11. The summed E-state index contributed by atoms with van der Waals surface area (Å²) in [6, 6.07) is 0. The van der Waals surface area contributed by atoms with Crippen molar-refractivity contribution >= 4 is 0 Å². The summed E-state index contributed by atoms with van der Waals surface area (Å²) in [7, 11) is 0. The summed E-state index contributed by atoms with van der Waals surface area (Å²) >= 11 is 0. The summed E-state index contributed by atoms with van der Waals surface area (Å²) in [4.78, 5) is 0. The number of aliphatic hydroxyl groups is 3. The third-order valence-electron chi connectivity index (χ3n) is 1.60. The summed E-state index contributed by atoms with van der Waals surface area (Å²) in [5, 5.41) is 29.5. The van der Waals surface area contributed by atoms with Crippen molar-refractivity contribution in [3.63, 3.8) is 0 Å². The van der Waals surface area contributed by atoms with Gasteiger partial charge in [0, 0.05) is 6.54 Å². The Hall–Kier alpha value is -0.420. The fraction of sp³-hybridized carbons (Fsp3) is 0.667. The van der Waals surface area contributed by atoms with Crippen LogP contribution in [0, 0.1) is 0 Å². The lowest BCUT2D eigenvalue weighted by Gasteiger charge is -2.30. The zero-order valence-corrected chi connectivity index (χ0v) is 5.49. The lowest BCUT2D eigenvalue weighted by atomic mass is 10.0. The Kier molecular flexibility index (Phi) is 2.05. The number of hydrogen-bond acceptors (Lipinski definition) is 4. The molecule has 10 heavy (non-hydrogen) atoms. The fourth-order valence-electron chi connectivity index (χ4n) is 0.875. The predicted octanol–water partition coefficient (Wildman–Crippen LogP) is -1.81. The summed E-state index contributed by atoms with van der Waals surface area (Å²) < 4.78 is 0. The van der Waals surface area contributed by atoms with Crippen LogP contribution < -0.4 is 5.32 Å². The lowest BCUT2D eigenvalue weighted by molar-refractivity contribution is -0.0723. The number of hydrogen-bond donors (Lipinski definition) is 4. The average Bonchev–Trinajstić information content (AvgIpc) is 1.93. The quantitative estimate of drug-likeness (QED) is 0.303. The van der Waals surface area contributed by atoms with Gasteiger partial charge in [0.25, 0.3) is 0 Å². The van der Waals surface area contributed by atoms with Crippen molar-refractivity contribution in [3.8, 4) is 0 Å². The maximum absolute atomic E-state index is 9.07. The molecule has 1 saturated heterocycles. The van der Waals surface area contributed by atoms with Crippen molar-refractivity contribution in [3.05, 3.63) is 12.2 Å². The molecule has 4 heteroatoms. The second-order valence-electron chi connectivity index (χ2n) is 2.42. The zero-order valence-electron chi connectivity index (χ0n) is 5.49. The molecule has 4 N–H and O–H groups in total. The fourth-order valence-corrected chi connectivity index (χ4v) is 0.875. The molecule has 1 heterocycles. The standard InChI is InChI=1S/C6H11NO3/c1-3-2-7-6(10)5(9)4(3)8/h4-10H,1-2H2. The third-order valence-corrected chi connectivity index (χ3v) is 1.60. The minimum Gasteiger partial charge on any atom is -0.386 e. The van der Waals surface area contributed by atoms with Gasteiger partial charge in [-0.2, -0.15) is 0 Å². The van der Waals surface area contributed by atoms with E-state index in [-0.39, 0.29) is 0 Å². The second-order valence-corrected chi connectivity index (χ2v) is 2.42. The molecule has 1 aliphatic rings. The Labute approximate surface area is 58.8 Å². The van der Waals surface area contributed by atoms with Crippen molar-refractivity contribution in [2.45, 2.75) is 18.4 Å². The van der Waals surface area contributed by atoms with E-state index in [1.54, 1.807) is 0 Å². The zero-order chi connectivity index (χ0) is 7.72. The smallest absolute Gasteiger partial charge is 0.134 e. The van der Waals surface area contributed by atoms with Crippen LogP contribution in [-0.4, -0.2) is 40.3 Å². The molecule has 58 valence electrons. The molecule has 0 aromatic carbocycles. The Balaban J connectivity index is 2.60. The van der Waals surface area contributed by atoms with Gasteiger partial charge in [-0.3, -0.25) is 5.32 Å². The highest BCUT2D eigenvalue weighted by atomic mass is 16.4. The van der Waals surface area contributed by atoms with Crippen LogP contribution in [0.1, 0.15) is 0 Å². The van der Waals surface area contributed by atoms with E-state index in [1.165, 1.54) is 0 Å². The Morgan fingerprint density at radius 3 is 2.50 bits per heavy atom. The van der Waals surface area contributed by atoms with Crippen molar-refractivity contribution in [1.82, 2.24) is 5.32 Å². The van der Waals surface area contributed by atoms with Crippen molar-refractivity contribution in [2.75, 3.05) is 6.54 Å². The number of nitrogens with one attached hydrogen (secondary N) is 1. The lowest BCUT2D eigenvalue weighted by Crippen LogP contribution is -2.53. The second kappa shape index (κ2) is 2.67. The predicted molar refractivity (Wildman–Crippen MR) is 35.2 cm³/mol. The van der Waals surface area contributed by atoms with Crippen molar-refractivity contribution in [2.24, 2.45) is 0 Å². The molecule has 0 bridgehead atoms. The topological polar surface area (TPSA) is 72.7 Å². The van der Waals surface area contributed by atoms with Crippen LogP contribution in [0.4, 0.5) is 0 Å².